The summed E-state index contributed by atoms with van der Waals surface area (Å²) in [4.78, 5) is 26.2. The van der Waals surface area contributed by atoms with Crippen molar-refractivity contribution in [1.82, 2.24) is 15.1 Å². The number of likely N-dealkylation sites (N-methyl/N-ethyl adjacent to an activating group) is 1. The second-order valence-corrected chi connectivity index (χ2v) is 5.04. The van der Waals surface area contributed by atoms with Crippen molar-refractivity contribution in [3.05, 3.63) is 35.4 Å². The van der Waals surface area contributed by atoms with Gasteiger partial charge in [-0.15, -0.1) is 0 Å². The second kappa shape index (κ2) is 6.17. The molecule has 0 saturated carbocycles. The molecule has 0 aromatic heterocycles. The van der Waals surface area contributed by atoms with Gasteiger partial charge in [-0.1, -0.05) is 6.07 Å². The quantitative estimate of drug-likeness (QED) is 0.916. The first-order valence-electron chi connectivity index (χ1n) is 6.63. The Bertz CT molecular complexity index is 565. The molecule has 1 aromatic rings. The zero-order chi connectivity index (χ0) is 15.6. The minimum atomic E-state index is -0.919. The van der Waals surface area contributed by atoms with Gasteiger partial charge in [-0.05, 0) is 31.7 Å². The second-order valence-electron chi connectivity index (χ2n) is 5.04. The van der Waals surface area contributed by atoms with E-state index in [-0.39, 0.29) is 18.5 Å². The maximum atomic E-state index is 13.2. The molecule has 7 heteroatoms. The van der Waals surface area contributed by atoms with Crippen LogP contribution in [-0.4, -0.2) is 48.4 Å². The number of carbonyl (C=O) groups excluding carboxylic acids is 2. The molecule has 0 radical (unpaired) electrons. The van der Waals surface area contributed by atoms with E-state index in [1.165, 1.54) is 6.07 Å². The van der Waals surface area contributed by atoms with E-state index in [2.05, 4.69) is 5.32 Å². The molecule has 1 fully saturated rings. The molecule has 1 aliphatic rings. The van der Waals surface area contributed by atoms with E-state index < -0.39 is 17.7 Å². The van der Waals surface area contributed by atoms with Gasteiger partial charge in [0, 0.05) is 19.1 Å². The van der Waals surface area contributed by atoms with Crippen molar-refractivity contribution in [3.8, 4) is 0 Å². The van der Waals surface area contributed by atoms with E-state index in [1.807, 2.05) is 0 Å². The summed E-state index contributed by atoms with van der Waals surface area (Å²) in [5.74, 6) is -2.14. The van der Waals surface area contributed by atoms with Crippen LogP contribution in [0.1, 0.15) is 18.5 Å². The molecule has 0 bridgehead atoms. The molecule has 114 valence electrons. The highest BCUT2D eigenvalue weighted by atomic mass is 19.2. The van der Waals surface area contributed by atoms with Gasteiger partial charge < -0.3 is 5.32 Å². The van der Waals surface area contributed by atoms with Crippen molar-refractivity contribution in [3.63, 3.8) is 0 Å². The van der Waals surface area contributed by atoms with Crippen molar-refractivity contribution in [2.24, 2.45) is 0 Å². The van der Waals surface area contributed by atoms with E-state index in [0.29, 0.717) is 18.7 Å². The van der Waals surface area contributed by atoms with Crippen molar-refractivity contribution in [1.29, 1.82) is 0 Å². The van der Waals surface area contributed by atoms with Crippen LogP contribution in [0.5, 0.6) is 0 Å². The van der Waals surface area contributed by atoms with Gasteiger partial charge in [-0.3, -0.25) is 14.6 Å². The highest BCUT2D eigenvalue weighted by Crippen LogP contribution is 2.20. The Morgan fingerprint density at radius 3 is 2.71 bits per heavy atom. The minimum absolute atomic E-state index is 0.0214. The fourth-order valence-electron chi connectivity index (χ4n) is 2.17. The number of nitrogens with one attached hydrogen (secondary N) is 1. The van der Waals surface area contributed by atoms with Crippen molar-refractivity contribution < 1.29 is 18.4 Å². The first kappa shape index (κ1) is 15.4. The number of urea groups is 1. The number of benzene rings is 1. The molecule has 1 saturated heterocycles. The third-order valence-corrected chi connectivity index (χ3v) is 3.63. The van der Waals surface area contributed by atoms with Crippen LogP contribution in [0.2, 0.25) is 0 Å². The van der Waals surface area contributed by atoms with Gasteiger partial charge in [0.25, 0.3) is 0 Å². The molecule has 0 aliphatic carbocycles. The molecule has 2 rings (SSSR count). The molecule has 1 atom stereocenters. The third-order valence-electron chi connectivity index (χ3n) is 3.63. The highest BCUT2D eigenvalue weighted by molar-refractivity contribution is 5.96. The lowest BCUT2D eigenvalue weighted by atomic mass is 10.1. The standard InChI is InChI=1S/C14H17F2N3O2/c1-9(10-3-4-11(15)12(16)7-10)18(2)8-13(20)19-6-5-17-14(19)21/h3-4,7,9H,5-6,8H2,1-2H3,(H,17,21)/t9-/m1/s1. The van der Waals surface area contributed by atoms with Crippen LogP contribution in [0.15, 0.2) is 18.2 Å². The van der Waals surface area contributed by atoms with E-state index >= 15 is 0 Å². The van der Waals surface area contributed by atoms with Crippen LogP contribution in [0.25, 0.3) is 0 Å². The van der Waals surface area contributed by atoms with Crippen LogP contribution < -0.4 is 5.32 Å². The van der Waals surface area contributed by atoms with E-state index in [0.717, 1.165) is 17.0 Å². The summed E-state index contributed by atoms with van der Waals surface area (Å²) >= 11 is 0. The van der Waals surface area contributed by atoms with Gasteiger partial charge >= 0.3 is 6.03 Å². The van der Waals surface area contributed by atoms with Gasteiger partial charge in [0.05, 0.1) is 6.54 Å². The summed E-state index contributed by atoms with van der Waals surface area (Å²) in [7, 11) is 1.69. The zero-order valence-corrected chi connectivity index (χ0v) is 11.9. The highest BCUT2D eigenvalue weighted by Gasteiger charge is 2.27. The van der Waals surface area contributed by atoms with Crippen LogP contribution in [-0.2, 0) is 4.79 Å². The minimum Gasteiger partial charge on any atom is -0.336 e. The molecular formula is C14H17F2N3O2. The third kappa shape index (κ3) is 3.36. The van der Waals surface area contributed by atoms with Crippen molar-refractivity contribution >= 4 is 11.9 Å². The lowest BCUT2D eigenvalue weighted by molar-refractivity contribution is -0.128. The van der Waals surface area contributed by atoms with Crippen LogP contribution >= 0.6 is 0 Å². The summed E-state index contributed by atoms with van der Waals surface area (Å²) in [6.45, 7) is 2.61. The number of rotatable bonds is 4. The topological polar surface area (TPSA) is 52.7 Å². The number of imide groups is 1. The van der Waals surface area contributed by atoms with Crippen LogP contribution in [0, 0.1) is 11.6 Å². The Morgan fingerprint density at radius 1 is 1.43 bits per heavy atom. The molecule has 0 unspecified atom stereocenters. The van der Waals surface area contributed by atoms with E-state index in [1.54, 1.807) is 18.9 Å². The predicted molar refractivity (Wildman–Crippen MR) is 72.5 cm³/mol. The molecule has 1 aromatic carbocycles. The number of amides is 3. The number of hydrogen-bond acceptors (Lipinski definition) is 3. The Hall–Kier alpha value is -2.02. The Kier molecular flexibility index (Phi) is 4.52. The smallest absolute Gasteiger partial charge is 0.324 e. The number of nitrogens with zero attached hydrogens (tertiary/aromatic N) is 2. The van der Waals surface area contributed by atoms with Crippen LogP contribution in [0.3, 0.4) is 0 Å². The monoisotopic (exact) mass is 297 g/mol. The predicted octanol–water partition coefficient (Wildman–Crippen LogP) is 1.51. The lowest BCUT2D eigenvalue weighted by Gasteiger charge is -2.26. The number of carbonyl (C=O) groups is 2. The summed E-state index contributed by atoms with van der Waals surface area (Å²) in [5.41, 5.74) is 0.565. The van der Waals surface area contributed by atoms with Crippen molar-refractivity contribution in [2.75, 3.05) is 26.7 Å². The Balaban J connectivity index is 2.01. The van der Waals surface area contributed by atoms with Crippen LogP contribution in [0.4, 0.5) is 13.6 Å². The normalized spacial score (nSPS) is 16.2. The summed E-state index contributed by atoms with van der Waals surface area (Å²) < 4.78 is 26.2. The Labute approximate surface area is 121 Å². The first-order chi connectivity index (χ1) is 9.90. The summed E-state index contributed by atoms with van der Waals surface area (Å²) in [6.07, 6.45) is 0. The molecule has 1 N–H and O–H groups in total. The van der Waals surface area contributed by atoms with Gasteiger partial charge in [0.1, 0.15) is 0 Å². The largest absolute Gasteiger partial charge is 0.336 e. The number of hydrogen-bond donors (Lipinski definition) is 1. The molecule has 5 nitrogen and oxygen atoms in total. The fourth-order valence-corrected chi connectivity index (χ4v) is 2.17. The molecule has 1 heterocycles. The zero-order valence-electron chi connectivity index (χ0n) is 11.9. The molecule has 21 heavy (non-hydrogen) atoms. The molecule has 1 aliphatic heterocycles. The average molecular weight is 297 g/mol. The van der Waals surface area contributed by atoms with Gasteiger partial charge in [-0.25, -0.2) is 13.6 Å². The van der Waals surface area contributed by atoms with Gasteiger partial charge in [0.2, 0.25) is 5.91 Å². The maximum absolute atomic E-state index is 13.2. The first-order valence-corrected chi connectivity index (χ1v) is 6.63. The summed E-state index contributed by atoms with van der Waals surface area (Å²) in [5, 5.41) is 2.55. The fraction of sp³-hybridized carbons (Fsp3) is 0.429. The average Bonchev–Trinajstić information content (AvgIpc) is 2.87. The maximum Gasteiger partial charge on any atom is 0.324 e. The number of halogens is 2. The van der Waals surface area contributed by atoms with E-state index in [4.69, 9.17) is 0 Å². The summed E-state index contributed by atoms with van der Waals surface area (Å²) in [6, 6.07) is 2.98. The molecule has 0 spiro atoms. The van der Waals surface area contributed by atoms with E-state index in [9.17, 15) is 18.4 Å². The SMILES string of the molecule is C[C@H](c1ccc(F)c(F)c1)N(C)CC(=O)N1CCNC1=O. The van der Waals surface area contributed by atoms with Crippen molar-refractivity contribution in [2.45, 2.75) is 13.0 Å². The van der Waals surface area contributed by atoms with Gasteiger partial charge in [-0.2, -0.15) is 0 Å². The Morgan fingerprint density at radius 2 is 2.14 bits per heavy atom. The lowest BCUT2D eigenvalue weighted by Crippen LogP contribution is -2.41. The molecule has 3 amide bonds. The van der Waals surface area contributed by atoms with Gasteiger partial charge in [0.15, 0.2) is 11.6 Å². The molecular weight excluding hydrogens is 280 g/mol.